The van der Waals surface area contributed by atoms with Crippen LogP contribution in [0.15, 0.2) is 94.8 Å². The molecule has 0 aliphatic carbocycles. The van der Waals surface area contributed by atoms with Crippen LogP contribution in [0.25, 0.3) is 10.8 Å². The molecule has 25 heteroatoms. The van der Waals surface area contributed by atoms with Crippen LogP contribution >= 0.6 is 22.6 Å². The lowest BCUT2D eigenvalue weighted by atomic mass is 10.00. The third-order valence-electron chi connectivity index (χ3n) is 11.4. The highest BCUT2D eigenvalue weighted by molar-refractivity contribution is 14.1. The normalized spacial score (nSPS) is 13.0. The van der Waals surface area contributed by atoms with E-state index in [-0.39, 0.29) is 73.4 Å². The Morgan fingerprint density at radius 2 is 1.41 bits per heavy atom. The lowest BCUT2D eigenvalue weighted by Crippen LogP contribution is -2.58. The number of fused-ring (bicyclic) bond motifs is 1. The van der Waals surface area contributed by atoms with Gasteiger partial charge in [0, 0.05) is 49.1 Å². The Kier molecular flexibility index (Phi) is 20.6. The molecule has 0 spiro atoms. The van der Waals surface area contributed by atoms with Gasteiger partial charge in [-0.3, -0.25) is 33.8 Å². The van der Waals surface area contributed by atoms with Crippen LogP contribution in [0.4, 0.5) is 5.69 Å². The summed E-state index contributed by atoms with van der Waals surface area (Å²) >= 11 is 2.05. The smallest absolute Gasteiger partial charge is 0.322 e. The Bertz CT molecular complexity index is 2950. The van der Waals surface area contributed by atoms with Crippen molar-refractivity contribution in [2.24, 2.45) is 22.4 Å². The lowest BCUT2D eigenvalue weighted by molar-refractivity contribution is -0.138. The molecule has 74 heavy (non-hydrogen) atoms. The molecule has 4 atom stereocenters. The molecule has 5 aromatic rings. The number of nitrogens with one attached hydrogen (secondary N) is 6. The fourth-order valence-corrected chi connectivity index (χ4v) is 9.42. The van der Waals surface area contributed by atoms with Gasteiger partial charge in [-0.05, 0) is 102 Å². The van der Waals surface area contributed by atoms with Gasteiger partial charge >= 0.3 is 5.97 Å². The zero-order valence-corrected chi connectivity index (χ0v) is 44.4. The van der Waals surface area contributed by atoms with E-state index in [4.69, 9.17) is 16.6 Å². The number of phenols is 1. The van der Waals surface area contributed by atoms with E-state index in [0.29, 0.717) is 20.3 Å². The molecule has 0 saturated carbocycles. The molecule has 23 nitrogen and oxygen atoms in total. The van der Waals surface area contributed by atoms with Gasteiger partial charge in [-0.25, -0.2) is 17.8 Å². The van der Waals surface area contributed by atoms with Crippen molar-refractivity contribution in [3.63, 3.8) is 0 Å². The fourth-order valence-electron chi connectivity index (χ4n) is 7.65. The maximum Gasteiger partial charge on any atom is 0.322 e. The molecule has 396 valence electrons. The molecule has 0 unspecified atom stereocenters. The number of rotatable bonds is 26. The number of carboxylic acids is 1. The van der Waals surface area contributed by atoms with E-state index in [1.807, 2.05) is 73.6 Å². The number of nitrogens with two attached hydrogens (primary N) is 2. The molecule has 5 amide bonds. The molecule has 5 rings (SSSR count). The zero-order valence-electron chi connectivity index (χ0n) is 41.5. The third kappa shape index (κ3) is 16.6. The van der Waals surface area contributed by atoms with Crippen LogP contribution in [0.3, 0.4) is 0 Å². The van der Waals surface area contributed by atoms with E-state index in [1.165, 1.54) is 19.1 Å². The Morgan fingerprint density at radius 1 is 0.784 bits per heavy atom. The number of sulfonamides is 1. The van der Waals surface area contributed by atoms with Crippen molar-refractivity contribution in [1.29, 1.82) is 0 Å². The molecule has 1 heterocycles. The van der Waals surface area contributed by atoms with Gasteiger partial charge in [0.25, 0.3) is 5.91 Å². The number of guanidine groups is 1. The van der Waals surface area contributed by atoms with E-state index in [0.717, 1.165) is 16.6 Å². The first-order chi connectivity index (χ1) is 35.0. The standard InChI is InChI=1S/C49H62IN13O10S/c1-28(2)23-37(47(70)59-38(24-30-16-20-33(64)21-17-30)48(71)57-36(11-8-22-53-49(51)52)46(69)56-29(3)44(67)54-26-42(65)66)58-45(68)32-18-14-31(15-19-32)27-63-43(50)39(60-61-63)25-55-74(72,73)41-13-7-9-34-35(41)10-6-12-40(34)62(4)5/h6-7,9-10,12-21,28-29,36-38,55,64H,8,11,22-27H2,1-5H3,(H,54,67)(H,56,69)(H,57,71)(H,58,68)(H,59,70)(H,65,66)(H4,51,52,53)/t29-,36-,37-,38-/m0/s1. The summed E-state index contributed by atoms with van der Waals surface area (Å²) in [6.45, 7) is 4.57. The summed E-state index contributed by atoms with van der Waals surface area (Å²) in [5.41, 5.74) is 13.7. The molecular weight excluding hydrogens is 1090 g/mol. The maximum absolute atomic E-state index is 14.2. The third-order valence-corrected chi connectivity index (χ3v) is 14.1. The average molecular weight is 1150 g/mol. The number of carboxylic acid groups (broad SMARTS) is 1. The summed E-state index contributed by atoms with van der Waals surface area (Å²) in [5.74, 6) is -5.27. The van der Waals surface area contributed by atoms with Crippen LogP contribution in [0.2, 0.25) is 0 Å². The van der Waals surface area contributed by atoms with Crippen LogP contribution in [0.5, 0.6) is 5.75 Å². The maximum atomic E-state index is 14.2. The van der Waals surface area contributed by atoms with Crippen molar-refractivity contribution in [3.8, 4) is 5.75 Å². The molecule has 4 aromatic carbocycles. The highest BCUT2D eigenvalue weighted by atomic mass is 127. The number of aromatic nitrogens is 3. The largest absolute Gasteiger partial charge is 0.508 e. The summed E-state index contributed by atoms with van der Waals surface area (Å²) in [6.07, 6.45) is 0.247. The van der Waals surface area contributed by atoms with Crippen molar-refractivity contribution < 1.29 is 47.4 Å². The van der Waals surface area contributed by atoms with Crippen molar-refractivity contribution in [2.45, 2.75) is 88.6 Å². The predicted molar refractivity (Wildman–Crippen MR) is 285 cm³/mol. The number of amides is 5. The molecule has 0 aliphatic rings. The first-order valence-corrected chi connectivity index (χ1v) is 26.0. The number of benzene rings is 4. The highest BCUT2D eigenvalue weighted by Crippen LogP contribution is 2.30. The molecule has 0 radical (unpaired) electrons. The summed E-state index contributed by atoms with van der Waals surface area (Å²) in [6, 6.07) is 18.2. The second-order valence-corrected chi connectivity index (χ2v) is 20.7. The number of phenolic OH excluding ortho intramolecular Hbond substituents is 1. The first kappa shape index (κ1) is 57.5. The molecular formula is C49H62IN13O10S. The topological polar surface area (TPSA) is 348 Å². The van der Waals surface area contributed by atoms with Gasteiger partial charge in [-0.15, -0.1) is 5.10 Å². The number of aliphatic carboxylic acids is 1. The Morgan fingerprint density at radius 3 is 2.05 bits per heavy atom. The van der Waals surface area contributed by atoms with Crippen LogP contribution in [0.1, 0.15) is 67.2 Å². The van der Waals surface area contributed by atoms with Crippen LogP contribution in [0, 0.1) is 9.62 Å². The minimum absolute atomic E-state index is 0.0168. The minimum Gasteiger partial charge on any atom is -0.508 e. The molecule has 0 fully saturated rings. The van der Waals surface area contributed by atoms with Gasteiger partial charge in [-0.1, -0.05) is 67.6 Å². The molecule has 12 N–H and O–H groups in total. The van der Waals surface area contributed by atoms with Gasteiger partial charge in [0.05, 0.1) is 18.0 Å². The Hall–Kier alpha value is -7.39. The number of aliphatic imine (C=N–C) groups is 1. The van der Waals surface area contributed by atoms with Gasteiger partial charge in [0.15, 0.2) is 5.96 Å². The number of aromatic hydroxyl groups is 1. The lowest BCUT2D eigenvalue weighted by Gasteiger charge is -2.26. The van der Waals surface area contributed by atoms with Gasteiger partial charge in [0.2, 0.25) is 33.7 Å². The number of nitrogens with zero attached hydrogens (tertiary/aromatic N) is 5. The zero-order chi connectivity index (χ0) is 54.3. The van der Waals surface area contributed by atoms with Crippen LogP contribution < -0.4 is 47.7 Å². The predicted octanol–water partition coefficient (Wildman–Crippen LogP) is 1.45. The van der Waals surface area contributed by atoms with E-state index in [1.54, 1.807) is 59.3 Å². The fraction of sp³-hybridized carbons (Fsp3) is 0.367. The van der Waals surface area contributed by atoms with Crippen molar-refractivity contribution in [3.05, 3.63) is 111 Å². The quantitative estimate of drug-likeness (QED) is 0.0162. The summed E-state index contributed by atoms with van der Waals surface area (Å²) in [4.78, 5) is 85.1. The van der Waals surface area contributed by atoms with Crippen molar-refractivity contribution in [2.75, 3.05) is 32.1 Å². The van der Waals surface area contributed by atoms with E-state index in [9.17, 15) is 42.3 Å². The summed E-state index contributed by atoms with van der Waals surface area (Å²) in [5, 5.41) is 41.6. The molecule has 1 aromatic heterocycles. The summed E-state index contributed by atoms with van der Waals surface area (Å²) < 4.78 is 32.0. The second-order valence-electron chi connectivity index (χ2n) is 18.0. The Labute approximate surface area is 441 Å². The highest BCUT2D eigenvalue weighted by Gasteiger charge is 2.32. The number of anilines is 1. The number of halogens is 1. The van der Waals surface area contributed by atoms with Gasteiger partial charge in [0.1, 0.15) is 45.9 Å². The van der Waals surface area contributed by atoms with Crippen molar-refractivity contribution in [1.82, 2.24) is 46.3 Å². The van der Waals surface area contributed by atoms with Gasteiger partial charge in [-0.2, -0.15) is 0 Å². The number of hydrogen-bond acceptors (Lipinski definition) is 13. The van der Waals surface area contributed by atoms with Crippen LogP contribution in [-0.2, 0) is 53.5 Å². The molecule has 0 bridgehead atoms. The van der Waals surface area contributed by atoms with E-state index >= 15 is 0 Å². The Balaban J connectivity index is 1.27. The molecule has 0 saturated heterocycles. The SMILES string of the molecule is CC(C)C[C@H](NC(=O)c1ccc(Cn2nnc(CNS(=O)(=O)c3cccc4c(N(C)C)cccc34)c2I)cc1)C(=O)N[C@@H](Cc1ccc(O)cc1)C(=O)N[C@@H](CCCN=C(N)N)C(=O)N[C@@H](C)C(=O)NCC(=O)O. The monoisotopic (exact) mass is 1150 g/mol. The van der Waals surface area contributed by atoms with Gasteiger partial charge < -0.3 is 53.2 Å². The van der Waals surface area contributed by atoms with Crippen molar-refractivity contribution >= 4 is 90.5 Å². The first-order valence-electron chi connectivity index (χ1n) is 23.4. The number of carbonyl (C=O) groups is 6. The molecule has 0 aliphatic heterocycles. The van der Waals surface area contributed by atoms with Crippen LogP contribution in [-0.4, -0.2) is 126 Å². The van der Waals surface area contributed by atoms with E-state index in [2.05, 4.69) is 46.6 Å². The average Bonchev–Trinajstić information content (AvgIpc) is 3.70. The minimum atomic E-state index is -3.96. The summed E-state index contributed by atoms with van der Waals surface area (Å²) in [7, 11) is -0.176. The van der Waals surface area contributed by atoms with E-state index < -0.39 is 76.2 Å². The number of hydrogen-bond donors (Lipinski definition) is 10. The second kappa shape index (κ2) is 26.5. The number of carbonyl (C=O) groups excluding carboxylic acids is 5.